The Morgan fingerprint density at radius 1 is 1.14 bits per heavy atom. The molecule has 0 N–H and O–H groups in total. The zero-order chi connectivity index (χ0) is 14.9. The van der Waals surface area contributed by atoms with Crippen LogP contribution in [-0.4, -0.2) is 27.9 Å². The molecule has 0 unspecified atom stereocenters. The van der Waals surface area contributed by atoms with Crippen molar-refractivity contribution in [1.82, 2.24) is 14.8 Å². The Morgan fingerprint density at radius 3 is 2.64 bits per heavy atom. The number of hydrogen-bond donors (Lipinski definition) is 0. The van der Waals surface area contributed by atoms with Crippen molar-refractivity contribution >= 4 is 29.3 Å². The van der Waals surface area contributed by atoms with Crippen molar-refractivity contribution in [2.24, 2.45) is 0 Å². The first-order valence-corrected chi connectivity index (χ1v) is 9.25. The molecule has 2 heterocycles. The Hall–Kier alpha value is -1.20. The highest BCUT2D eigenvalue weighted by molar-refractivity contribution is 7.98. The summed E-state index contributed by atoms with van der Waals surface area (Å²) in [6.45, 7) is 2.22. The number of nitrogens with zero attached hydrogens (tertiary/aromatic N) is 4. The summed E-state index contributed by atoms with van der Waals surface area (Å²) in [5.41, 5.74) is 1.15. The van der Waals surface area contributed by atoms with Crippen molar-refractivity contribution in [3.05, 3.63) is 34.9 Å². The van der Waals surface area contributed by atoms with Gasteiger partial charge in [-0.05, 0) is 37.3 Å². The molecule has 22 heavy (non-hydrogen) atoms. The monoisotopic (exact) mass is 334 g/mol. The lowest BCUT2D eigenvalue weighted by atomic mass is 10.2. The minimum Gasteiger partial charge on any atom is -0.341 e. The van der Waals surface area contributed by atoms with Gasteiger partial charge in [0.05, 0.1) is 0 Å². The van der Waals surface area contributed by atoms with E-state index in [0.29, 0.717) is 6.04 Å². The highest BCUT2D eigenvalue weighted by Gasteiger charge is 2.32. The number of benzene rings is 1. The SMILES string of the molecule is Clc1ccccc1CSc1nnc(N2CCCC2)n1C1CC1. The Labute approximate surface area is 139 Å². The third-order valence-electron chi connectivity index (χ3n) is 4.26. The minimum absolute atomic E-state index is 0.597. The quantitative estimate of drug-likeness (QED) is 0.769. The number of thioether (sulfide) groups is 1. The summed E-state index contributed by atoms with van der Waals surface area (Å²) in [6, 6.07) is 8.62. The Kier molecular flexibility index (Phi) is 4.01. The predicted molar refractivity (Wildman–Crippen MR) is 90.8 cm³/mol. The molecule has 0 spiro atoms. The molecule has 0 amide bonds. The lowest BCUT2D eigenvalue weighted by molar-refractivity contribution is 0.651. The van der Waals surface area contributed by atoms with Crippen LogP contribution in [0.3, 0.4) is 0 Å². The van der Waals surface area contributed by atoms with E-state index in [1.807, 2.05) is 18.2 Å². The molecule has 1 saturated heterocycles. The normalized spacial score (nSPS) is 18.1. The average molecular weight is 335 g/mol. The number of hydrogen-bond acceptors (Lipinski definition) is 4. The van der Waals surface area contributed by atoms with Crippen LogP contribution in [0.2, 0.25) is 5.02 Å². The van der Waals surface area contributed by atoms with Crippen LogP contribution >= 0.6 is 23.4 Å². The number of halogens is 1. The van der Waals surface area contributed by atoms with Crippen LogP contribution in [0.15, 0.2) is 29.4 Å². The molecule has 4 nitrogen and oxygen atoms in total. The fourth-order valence-corrected chi connectivity index (χ4v) is 4.20. The van der Waals surface area contributed by atoms with Crippen molar-refractivity contribution in [3.63, 3.8) is 0 Å². The van der Waals surface area contributed by atoms with Gasteiger partial charge in [0, 0.05) is 29.9 Å². The maximum Gasteiger partial charge on any atom is 0.228 e. The zero-order valence-corrected chi connectivity index (χ0v) is 14.0. The zero-order valence-electron chi connectivity index (χ0n) is 12.4. The largest absolute Gasteiger partial charge is 0.341 e. The molecule has 0 atom stereocenters. The summed E-state index contributed by atoms with van der Waals surface area (Å²) < 4.78 is 2.35. The highest BCUT2D eigenvalue weighted by atomic mass is 35.5. The van der Waals surface area contributed by atoms with E-state index in [1.165, 1.54) is 25.7 Å². The summed E-state index contributed by atoms with van der Waals surface area (Å²) in [5.74, 6) is 1.91. The molecule has 1 aromatic heterocycles. The average Bonchev–Trinajstić information content (AvgIpc) is 3.06. The first-order valence-electron chi connectivity index (χ1n) is 7.89. The van der Waals surface area contributed by atoms with Gasteiger partial charge in [0.25, 0.3) is 0 Å². The second-order valence-corrected chi connectivity index (χ2v) is 7.31. The van der Waals surface area contributed by atoms with Gasteiger partial charge in [0.2, 0.25) is 5.95 Å². The van der Waals surface area contributed by atoms with Gasteiger partial charge in [-0.1, -0.05) is 41.6 Å². The second kappa shape index (κ2) is 6.13. The van der Waals surface area contributed by atoms with Crippen LogP contribution in [0.1, 0.15) is 37.3 Å². The molecule has 0 radical (unpaired) electrons. The van der Waals surface area contributed by atoms with E-state index in [2.05, 4.69) is 25.7 Å². The maximum absolute atomic E-state index is 6.25. The minimum atomic E-state index is 0.597. The molecule has 2 fully saturated rings. The highest BCUT2D eigenvalue weighted by Crippen LogP contribution is 2.42. The van der Waals surface area contributed by atoms with Gasteiger partial charge in [-0.25, -0.2) is 0 Å². The van der Waals surface area contributed by atoms with Crippen molar-refractivity contribution in [3.8, 4) is 0 Å². The standard InChI is InChI=1S/C16H19ClN4S/c17-14-6-2-1-5-12(14)11-22-16-19-18-15(20-9-3-4-10-20)21(16)13-7-8-13/h1-2,5-6,13H,3-4,7-11H2. The topological polar surface area (TPSA) is 34.0 Å². The Morgan fingerprint density at radius 2 is 1.91 bits per heavy atom. The van der Waals surface area contributed by atoms with E-state index in [9.17, 15) is 0 Å². The number of aromatic nitrogens is 3. The van der Waals surface area contributed by atoms with Gasteiger partial charge < -0.3 is 4.90 Å². The number of rotatable bonds is 5. The van der Waals surface area contributed by atoms with Gasteiger partial charge in [-0.3, -0.25) is 4.57 Å². The molecule has 4 rings (SSSR count). The van der Waals surface area contributed by atoms with E-state index in [4.69, 9.17) is 11.6 Å². The van der Waals surface area contributed by atoms with Crippen molar-refractivity contribution < 1.29 is 0 Å². The van der Waals surface area contributed by atoms with E-state index in [0.717, 1.165) is 40.5 Å². The second-order valence-electron chi connectivity index (χ2n) is 5.96. The van der Waals surface area contributed by atoms with Crippen LogP contribution in [0.5, 0.6) is 0 Å². The summed E-state index contributed by atoms with van der Waals surface area (Å²) in [6.07, 6.45) is 5.02. The van der Waals surface area contributed by atoms with Crippen LogP contribution in [0.4, 0.5) is 5.95 Å². The fraction of sp³-hybridized carbons (Fsp3) is 0.500. The summed E-state index contributed by atoms with van der Waals surface area (Å²) in [5, 5.41) is 10.8. The molecule has 1 saturated carbocycles. The van der Waals surface area contributed by atoms with Gasteiger partial charge in [0.15, 0.2) is 5.16 Å². The molecular weight excluding hydrogens is 316 g/mol. The molecular formula is C16H19ClN4S. The first-order chi connectivity index (χ1) is 10.8. The predicted octanol–water partition coefficient (Wildman–Crippen LogP) is 4.16. The molecule has 1 aromatic carbocycles. The van der Waals surface area contributed by atoms with Gasteiger partial charge in [0.1, 0.15) is 0 Å². The molecule has 116 valence electrons. The van der Waals surface area contributed by atoms with Crippen LogP contribution in [0, 0.1) is 0 Å². The lowest BCUT2D eigenvalue weighted by Crippen LogP contribution is -2.22. The molecule has 1 aliphatic heterocycles. The first kappa shape index (κ1) is 14.4. The van der Waals surface area contributed by atoms with Gasteiger partial charge >= 0.3 is 0 Å². The van der Waals surface area contributed by atoms with Crippen LogP contribution in [0.25, 0.3) is 0 Å². The Bertz CT molecular complexity index is 662. The maximum atomic E-state index is 6.25. The smallest absolute Gasteiger partial charge is 0.228 e. The van der Waals surface area contributed by atoms with Crippen molar-refractivity contribution in [2.75, 3.05) is 18.0 Å². The fourth-order valence-electron chi connectivity index (χ4n) is 2.91. The summed E-state index contributed by atoms with van der Waals surface area (Å²) in [7, 11) is 0. The Balaban J connectivity index is 1.55. The molecule has 2 aliphatic rings. The molecule has 1 aliphatic carbocycles. The van der Waals surface area contributed by atoms with Gasteiger partial charge in [-0.15, -0.1) is 10.2 Å². The van der Waals surface area contributed by atoms with Crippen LogP contribution in [-0.2, 0) is 5.75 Å². The van der Waals surface area contributed by atoms with Crippen molar-refractivity contribution in [1.29, 1.82) is 0 Å². The summed E-state index contributed by atoms with van der Waals surface area (Å²) >= 11 is 7.99. The molecule has 0 bridgehead atoms. The lowest BCUT2D eigenvalue weighted by Gasteiger charge is -2.18. The molecule has 2 aromatic rings. The van der Waals surface area contributed by atoms with E-state index in [-0.39, 0.29) is 0 Å². The van der Waals surface area contributed by atoms with E-state index >= 15 is 0 Å². The third-order valence-corrected chi connectivity index (χ3v) is 5.62. The number of anilines is 1. The molecule has 6 heteroatoms. The van der Waals surface area contributed by atoms with E-state index in [1.54, 1.807) is 11.8 Å². The summed E-state index contributed by atoms with van der Waals surface area (Å²) in [4.78, 5) is 2.38. The van der Waals surface area contributed by atoms with E-state index < -0.39 is 0 Å². The van der Waals surface area contributed by atoms with Crippen molar-refractivity contribution in [2.45, 2.75) is 42.6 Å². The van der Waals surface area contributed by atoms with Crippen LogP contribution < -0.4 is 4.90 Å². The third kappa shape index (κ3) is 2.84. The van der Waals surface area contributed by atoms with Gasteiger partial charge in [-0.2, -0.15) is 0 Å².